The molecule has 0 saturated carbocycles. The van der Waals surface area contributed by atoms with E-state index >= 15 is 0 Å². The Bertz CT molecular complexity index is 543. The Morgan fingerprint density at radius 1 is 1.60 bits per heavy atom. The van der Waals surface area contributed by atoms with Gasteiger partial charge in [-0.1, -0.05) is 0 Å². The highest BCUT2D eigenvalue weighted by atomic mass is 32.1. The lowest BCUT2D eigenvalue weighted by Crippen LogP contribution is -2.31. The topological polar surface area (TPSA) is 103 Å². The molecular formula is C12H15N3O4S. The van der Waals surface area contributed by atoms with Crippen molar-refractivity contribution in [2.75, 3.05) is 11.4 Å². The number of hydrogen-bond acceptors (Lipinski definition) is 6. The van der Waals surface area contributed by atoms with Crippen molar-refractivity contribution in [3.63, 3.8) is 0 Å². The van der Waals surface area contributed by atoms with Crippen molar-refractivity contribution in [2.24, 2.45) is 5.73 Å². The number of anilines is 1. The molecule has 108 valence electrons. The van der Waals surface area contributed by atoms with Gasteiger partial charge >= 0.3 is 5.97 Å². The van der Waals surface area contributed by atoms with E-state index < -0.39 is 18.0 Å². The number of nitrogens with zero attached hydrogens (tertiary/aromatic N) is 2. The highest BCUT2D eigenvalue weighted by Gasteiger charge is 2.24. The van der Waals surface area contributed by atoms with Gasteiger partial charge in [-0.15, -0.1) is 11.3 Å². The molecule has 8 heteroatoms. The van der Waals surface area contributed by atoms with Gasteiger partial charge in [0.15, 0.2) is 11.2 Å². The summed E-state index contributed by atoms with van der Waals surface area (Å²) in [5, 5.41) is 2.30. The van der Waals surface area contributed by atoms with Crippen LogP contribution >= 0.6 is 11.3 Å². The van der Waals surface area contributed by atoms with Crippen LogP contribution < -0.4 is 10.6 Å². The molecular weight excluding hydrogens is 282 g/mol. The van der Waals surface area contributed by atoms with Gasteiger partial charge in [-0.3, -0.25) is 19.3 Å². The first kappa shape index (κ1) is 14.4. The third-order valence-electron chi connectivity index (χ3n) is 2.88. The molecule has 1 aromatic rings. The van der Waals surface area contributed by atoms with Crippen molar-refractivity contribution >= 4 is 34.3 Å². The van der Waals surface area contributed by atoms with Crippen LogP contribution in [0.25, 0.3) is 0 Å². The summed E-state index contributed by atoms with van der Waals surface area (Å²) in [5.41, 5.74) is 5.53. The lowest BCUT2D eigenvalue weighted by atomic mass is 10.3. The van der Waals surface area contributed by atoms with E-state index in [1.807, 2.05) is 0 Å². The van der Waals surface area contributed by atoms with Crippen molar-refractivity contribution in [1.29, 1.82) is 0 Å². The van der Waals surface area contributed by atoms with E-state index in [0.717, 1.165) is 6.42 Å². The number of rotatable bonds is 5. The van der Waals surface area contributed by atoms with Crippen LogP contribution in [0.3, 0.4) is 0 Å². The van der Waals surface area contributed by atoms with E-state index in [4.69, 9.17) is 10.5 Å². The molecule has 7 nitrogen and oxygen atoms in total. The maximum Gasteiger partial charge on any atom is 0.312 e. The standard InChI is InChI=1S/C12H15N3O4S/c1-7(11(13)18)19-10(17)5-8-6-20-12(14-8)15-4-2-3-9(15)16/h6-7H,2-5H2,1H3,(H2,13,18)/t7-/m1/s1. The van der Waals surface area contributed by atoms with Crippen LogP contribution in [-0.2, 0) is 25.5 Å². The molecule has 0 bridgehead atoms. The molecule has 2 N–H and O–H groups in total. The summed E-state index contributed by atoms with van der Waals surface area (Å²) in [4.78, 5) is 39.8. The maximum absolute atomic E-state index is 11.6. The molecule has 1 atom stereocenters. The number of nitrogens with two attached hydrogens (primary N) is 1. The first-order chi connectivity index (χ1) is 9.47. The van der Waals surface area contributed by atoms with Crippen LogP contribution in [-0.4, -0.2) is 35.4 Å². The first-order valence-corrected chi connectivity index (χ1v) is 7.09. The predicted molar refractivity (Wildman–Crippen MR) is 72.2 cm³/mol. The third-order valence-corrected chi connectivity index (χ3v) is 3.79. The smallest absolute Gasteiger partial charge is 0.312 e. The SMILES string of the molecule is C[C@@H](OC(=O)Cc1csc(N2CCCC2=O)n1)C(N)=O. The molecule has 0 aromatic carbocycles. The number of thiazole rings is 1. The molecule has 1 aliphatic rings. The van der Waals surface area contributed by atoms with E-state index in [1.165, 1.54) is 18.3 Å². The van der Waals surface area contributed by atoms with Gasteiger partial charge in [0, 0.05) is 18.3 Å². The van der Waals surface area contributed by atoms with Crippen LogP contribution in [0.5, 0.6) is 0 Å². The van der Waals surface area contributed by atoms with Crippen LogP contribution in [0.2, 0.25) is 0 Å². The number of amides is 2. The zero-order valence-electron chi connectivity index (χ0n) is 11.0. The van der Waals surface area contributed by atoms with Gasteiger partial charge in [0.1, 0.15) is 0 Å². The van der Waals surface area contributed by atoms with E-state index in [1.54, 1.807) is 10.3 Å². The Morgan fingerprint density at radius 2 is 2.35 bits per heavy atom. The molecule has 1 fully saturated rings. The summed E-state index contributed by atoms with van der Waals surface area (Å²) in [7, 11) is 0. The predicted octanol–water partition coefficient (Wildman–Crippen LogP) is 0.229. The Labute approximate surface area is 119 Å². The van der Waals surface area contributed by atoms with E-state index in [9.17, 15) is 14.4 Å². The maximum atomic E-state index is 11.6. The number of primary amides is 1. The highest BCUT2D eigenvalue weighted by molar-refractivity contribution is 7.14. The summed E-state index contributed by atoms with van der Waals surface area (Å²) in [6, 6.07) is 0. The minimum Gasteiger partial charge on any atom is -0.452 e. The summed E-state index contributed by atoms with van der Waals surface area (Å²) in [6.07, 6.45) is 0.357. The van der Waals surface area contributed by atoms with Gasteiger partial charge < -0.3 is 10.5 Å². The Kier molecular flexibility index (Phi) is 4.33. The van der Waals surface area contributed by atoms with Gasteiger partial charge in [-0.25, -0.2) is 4.98 Å². The number of carbonyl (C=O) groups excluding carboxylic acids is 3. The van der Waals surface area contributed by atoms with Crippen molar-refractivity contribution in [2.45, 2.75) is 32.3 Å². The van der Waals surface area contributed by atoms with Gasteiger partial charge in [0.05, 0.1) is 12.1 Å². The molecule has 2 rings (SSSR count). The molecule has 1 saturated heterocycles. The lowest BCUT2D eigenvalue weighted by Gasteiger charge is -2.10. The number of carbonyl (C=O) groups is 3. The fourth-order valence-electron chi connectivity index (χ4n) is 1.80. The second-order valence-electron chi connectivity index (χ2n) is 4.48. The zero-order valence-corrected chi connectivity index (χ0v) is 11.8. The van der Waals surface area contributed by atoms with E-state index in [2.05, 4.69) is 4.98 Å². The van der Waals surface area contributed by atoms with Crippen LogP contribution in [0.15, 0.2) is 5.38 Å². The summed E-state index contributed by atoms with van der Waals surface area (Å²) < 4.78 is 4.84. The molecule has 0 radical (unpaired) electrons. The molecule has 1 aliphatic heterocycles. The second kappa shape index (κ2) is 6.00. The molecule has 2 heterocycles. The van der Waals surface area contributed by atoms with Crippen molar-refractivity contribution in [1.82, 2.24) is 4.98 Å². The van der Waals surface area contributed by atoms with Crippen LogP contribution in [0, 0.1) is 0 Å². The normalized spacial score (nSPS) is 16.2. The first-order valence-electron chi connectivity index (χ1n) is 6.21. The molecule has 1 aromatic heterocycles. The van der Waals surface area contributed by atoms with Crippen molar-refractivity contribution in [3.8, 4) is 0 Å². The van der Waals surface area contributed by atoms with Crippen LogP contribution in [0.1, 0.15) is 25.5 Å². The van der Waals surface area contributed by atoms with Gasteiger partial charge in [-0.2, -0.15) is 0 Å². The third kappa shape index (κ3) is 3.32. The van der Waals surface area contributed by atoms with Crippen molar-refractivity contribution < 1.29 is 19.1 Å². The Hall–Kier alpha value is -1.96. The van der Waals surface area contributed by atoms with E-state index in [0.29, 0.717) is 23.8 Å². The molecule has 0 unspecified atom stereocenters. The molecule has 0 spiro atoms. The number of ether oxygens (including phenoxy) is 1. The largest absolute Gasteiger partial charge is 0.452 e. The Morgan fingerprint density at radius 3 is 2.95 bits per heavy atom. The number of hydrogen-bond donors (Lipinski definition) is 1. The average Bonchev–Trinajstić information content (AvgIpc) is 2.97. The summed E-state index contributed by atoms with van der Waals surface area (Å²) >= 11 is 1.31. The number of esters is 1. The minimum absolute atomic E-state index is 0.0455. The minimum atomic E-state index is -0.958. The monoisotopic (exact) mass is 297 g/mol. The number of aromatic nitrogens is 1. The zero-order chi connectivity index (χ0) is 14.7. The molecule has 20 heavy (non-hydrogen) atoms. The quantitative estimate of drug-likeness (QED) is 0.784. The highest BCUT2D eigenvalue weighted by Crippen LogP contribution is 2.25. The van der Waals surface area contributed by atoms with Gasteiger partial charge in [0.25, 0.3) is 5.91 Å². The molecule has 2 amide bonds. The van der Waals surface area contributed by atoms with Crippen LogP contribution in [0.4, 0.5) is 5.13 Å². The van der Waals surface area contributed by atoms with Gasteiger partial charge in [0.2, 0.25) is 5.91 Å². The van der Waals surface area contributed by atoms with Gasteiger partial charge in [-0.05, 0) is 13.3 Å². The fraction of sp³-hybridized carbons (Fsp3) is 0.500. The van der Waals surface area contributed by atoms with Crippen molar-refractivity contribution in [3.05, 3.63) is 11.1 Å². The lowest BCUT2D eigenvalue weighted by molar-refractivity contribution is -0.153. The fourth-order valence-corrected chi connectivity index (χ4v) is 2.66. The Balaban J connectivity index is 1.94. The van der Waals surface area contributed by atoms with E-state index in [-0.39, 0.29) is 12.3 Å². The summed E-state index contributed by atoms with van der Waals surface area (Å²) in [5.74, 6) is -1.21. The average molecular weight is 297 g/mol. The molecule has 0 aliphatic carbocycles. The summed E-state index contributed by atoms with van der Waals surface area (Å²) in [6.45, 7) is 2.07. The second-order valence-corrected chi connectivity index (χ2v) is 5.32.